The van der Waals surface area contributed by atoms with Crippen LogP contribution >= 0.6 is 0 Å². The van der Waals surface area contributed by atoms with Crippen molar-refractivity contribution in [2.75, 3.05) is 19.1 Å². The molecule has 0 unspecified atom stereocenters. The highest BCUT2D eigenvalue weighted by atomic mass is 16.5. The van der Waals surface area contributed by atoms with Gasteiger partial charge in [-0.3, -0.25) is 9.78 Å². The predicted molar refractivity (Wildman–Crippen MR) is 76.5 cm³/mol. The van der Waals surface area contributed by atoms with Crippen molar-refractivity contribution in [1.29, 1.82) is 0 Å². The molecule has 106 valence electrons. The zero-order valence-corrected chi connectivity index (χ0v) is 11.9. The molecule has 2 rings (SSSR count). The van der Waals surface area contributed by atoms with Crippen molar-refractivity contribution >= 4 is 5.69 Å². The number of rotatable bonds is 5. The van der Waals surface area contributed by atoms with Gasteiger partial charge in [-0.2, -0.15) is 5.10 Å². The summed E-state index contributed by atoms with van der Waals surface area (Å²) in [5.74, 6) is 0. The zero-order valence-electron chi connectivity index (χ0n) is 11.9. The predicted octanol–water partition coefficient (Wildman–Crippen LogP) is 0.958. The number of hydrogen-bond donors (Lipinski definition) is 0. The average Bonchev–Trinajstić information content (AvgIpc) is 2.45. The molecule has 0 atom stereocenters. The number of pyridine rings is 1. The minimum absolute atomic E-state index is 0.133. The van der Waals surface area contributed by atoms with Crippen molar-refractivity contribution in [2.45, 2.75) is 13.2 Å². The molecule has 0 spiro atoms. The van der Waals surface area contributed by atoms with E-state index >= 15 is 0 Å². The molecular formula is C14H18N4O2. The second-order valence-corrected chi connectivity index (χ2v) is 4.58. The molecule has 0 radical (unpaired) electrons. The molecule has 0 bridgehead atoms. The van der Waals surface area contributed by atoms with Gasteiger partial charge in [0.1, 0.15) is 0 Å². The smallest absolute Gasteiger partial charge is 0.274 e. The molecule has 20 heavy (non-hydrogen) atoms. The van der Waals surface area contributed by atoms with Crippen LogP contribution in [0.5, 0.6) is 0 Å². The Morgan fingerprint density at radius 1 is 1.35 bits per heavy atom. The van der Waals surface area contributed by atoms with Crippen LogP contribution in [0.4, 0.5) is 5.69 Å². The molecule has 6 nitrogen and oxygen atoms in total. The standard InChI is InChI=1S/C14H18N4O2/c1-17(9-11-4-6-15-7-5-11)13-8-16-18(2)14(19)12(13)10-20-3/h4-8H,9-10H2,1-3H3. The number of methoxy groups -OCH3 is 1. The van der Waals surface area contributed by atoms with Gasteiger partial charge in [-0.25, -0.2) is 4.68 Å². The number of ether oxygens (including phenoxy) is 1. The first-order valence-corrected chi connectivity index (χ1v) is 6.27. The Morgan fingerprint density at radius 3 is 2.70 bits per heavy atom. The van der Waals surface area contributed by atoms with E-state index in [2.05, 4.69) is 10.1 Å². The van der Waals surface area contributed by atoms with Gasteiger partial charge >= 0.3 is 0 Å². The molecule has 0 N–H and O–H groups in total. The summed E-state index contributed by atoms with van der Waals surface area (Å²) >= 11 is 0. The summed E-state index contributed by atoms with van der Waals surface area (Å²) in [4.78, 5) is 18.1. The normalized spacial score (nSPS) is 10.6. The van der Waals surface area contributed by atoms with Crippen LogP contribution in [0.1, 0.15) is 11.1 Å². The van der Waals surface area contributed by atoms with Crippen molar-refractivity contribution < 1.29 is 4.74 Å². The Kier molecular flexibility index (Phi) is 4.47. The Morgan fingerprint density at radius 2 is 2.05 bits per heavy atom. The van der Waals surface area contributed by atoms with E-state index < -0.39 is 0 Å². The van der Waals surface area contributed by atoms with Crippen LogP contribution in [0, 0.1) is 0 Å². The summed E-state index contributed by atoms with van der Waals surface area (Å²) in [7, 11) is 5.14. The maximum absolute atomic E-state index is 12.1. The lowest BCUT2D eigenvalue weighted by Gasteiger charge is -2.21. The first-order chi connectivity index (χ1) is 9.63. The van der Waals surface area contributed by atoms with E-state index in [1.54, 1.807) is 32.7 Å². The van der Waals surface area contributed by atoms with Gasteiger partial charge in [-0.1, -0.05) is 0 Å². The van der Waals surface area contributed by atoms with Gasteiger partial charge in [0, 0.05) is 40.1 Å². The second-order valence-electron chi connectivity index (χ2n) is 4.58. The highest BCUT2D eigenvalue weighted by molar-refractivity contribution is 5.50. The highest BCUT2D eigenvalue weighted by Crippen LogP contribution is 2.17. The Bertz CT molecular complexity index is 625. The topological polar surface area (TPSA) is 60.2 Å². The molecule has 0 aliphatic rings. The molecule has 0 fully saturated rings. The van der Waals surface area contributed by atoms with Gasteiger partial charge < -0.3 is 9.64 Å². The van der Waals surface area contributed by atoms with E-state index in [-0.39, 0.29) is 12.2 Å². The minimum atomic E-state index is -0.133. The fourth-order valence-electron chi connectivity index (χ4n) is 2.03. The maximum atomic E-state index is 12.1. The summed E-state index contributed by atoms with van der Waals surface area (Å²) in [5.41, 5.74) is 2.38. The largest absolute Gasteiger partial charge is 0.380 e. The van der Waals surface area contributed by atoms with E-state index in [0.29, 0.717) is 12.1 Å². The third-order valence-electron chi connectivity index (χ3n) is 3.08. The van der Waals surface area contributed by atoms with Crippen LogP contribution in [0.15, 0.2) is 35.5 Å². The van der Waals surface area contributed by atoms with Gasteiger partial charge in [0.25, 0.3) is 5.56 Å². The third kappa shape index (κ3) is 3.03. The molecule has 2 heterocycles. The van der Waals surface area contributed by atoms with Gasteiger partial charge in [-0.15, -0.1) is 0 Å². The number of anilines is 1. The molecule has 0 saturated heterocycles. The first-order valence-electron chi connectivity index (χ1n) is 6.27. The Balaban J connectivity index is 2.32. The van der Waals surface area contributed by atoms with Crippen LogP contribution in [-0.2, 0) is 24.9 Å². The molecule has 0 saturated carbocycles. The maximum Gasteiger partial charge on any atom is 0.274 e. The van der Waals surface area contributed by atoms with E-state index in [1.807, 2.05) is 24.1 Å². The summed E-state index contributed by atoms with van der Waals surface area (Å²) in [6, 6.07) is 3.89. The molecule has 2 aromatic rings. The van der Waals surface area contributed by atoms with Crippen LogP contribution in [-0.4, -0.2) is 28.9 Å². The lowest BCUT2D eigenvalue weighted by molar-refractivity contribution is 0.183. The Labute approximate surface area is 117 Å². The first kappa shape index (κ1) is 14.2. The van der Waals surface area contributed by atoms with Gasteiger partial charge in [-0.05, 0) is 17.7 Å². The summed E-state index contributed by atoms with van der Waals surface area (Å²) in [5, 5.41) is 4.08. The number of nitrogens with zero attached hydrogens (tertiary/aromatic N) is 4. The summed E-state index contributed by atoms with van der Waals surface area (Å²) in [6.45, 7) is 0.944. The molecule has 0 aliphatic carbocycles. The van der Waals surface area contributed by atoms with Crippen LogP contribution in [0.3, 0.4) is 0 Å². The number of aryl methyl sites for hydroxylation is 1. The van der Waals surface area contributed by atoms with Crippen LogP contribution in [0.25, 0.3) is 0 Å². The molecular weight excluding hydrogens is 256 g/mol. The summed E-state index contributed by atoms with van der Waals surface area (Å²) < 4.78 is 6.44. The highest BCUT2D eigenvalue weighted by Gasteiger charge is 2.13. The number of aromatic nitrogens is 3. The van der Waals surface area contributed by atoms with Gasteiger partial charge in [0.2, 0.25) is 0 Å². The lowest BCUT2D eigenvalue weighted by Crippen LogP contribution is -2.28. The Hall–Kier alpha value is -2.21. The molecule has 0 aromatic carbocycles. The quantitative estimate of drug-likeness (QED) is 0.812. The van der Waals surface area contributed by atoms with Crippen molar-refractivity contribution in [2.24, 2.45) is 7.05 Å². The zero-order chi connectivity index (χ0) is 14.5. The van der Waals surface area contributed by atoms with Crippen molar-refractivity contribution in [1.82, 2.24) is 14.8 Å². The van der Waals surface area contributed by atoms with Crippen molar-refractivity contribution in [3.63, 3.8) is 0 Å². The molecule has 0 amide bonds. The second kappa shape index (κ2) is 6.29. The van der Waals surface area contributed by atoms with Crippen LogP contribution < -0.4 is 10.5 Å². The summed E-state index contributed by atoms with van der Waals surface area (Å²) in [6.07, 6.45) is 5.19. The average molecular weight is 274 g/mol. The fraction of sp³-hybridized carbons (Fsp3) is 0.357. The minimum Gasteiger partial charge on any atom is -0.380 e. The van der Waals surface area contributed by atoms with E-state index in [1.165, 1.54) is 4.68 Å². The number of hydrogen-bond acceptors (Lipinski definition) is 5. The van der Waals surface area contributed by atoms with Gasteiger partial charge in [0.15, 0.2) is 0 Å². The van der Waals surface area contributed by atoms with Crippen molar-refractivity contribution in [3.05, 3.63) is 52.2 Å². The molecule has 0 aliphatic heterocycles. The van der Waals surface area contributed by atoms with E-state index in [0.717, 1.165) is 11.3 Å². The molecule has 6 heteroatoms. The lowest BCUT2D eigenvalue weighted by atomic mass is 10.2. The van der Waals surface area contributed by atoms with Gasteiger partial charge in [0.05, 0.1) is 24.1 Å². The fourth-order valence-corrected chi connectivity index (χ4v) is 2.03. The monoisotopic (exact) mass is 274 g/mol. The third-order valence-corrected chi connectivity index (χ3v) is 3.08. The SMILES string of the molecule is COCc1c(N(C)Cc2ccncc2)cnn(C)c1=O. The van der Waals surface area contributed by atoms with E-state index in [9.17, 15) is 4.79 Å². The van der Waals surface area contributed by atoms with Crippen molar-refractivity contribution in [3.8, 4) is 0 Å². The van der Waals surface area contributed by atoms with Crippen LogP contribution in [0.2, 0.25) is 0 Å². The molecule has 2 aromatic heterocycles. The van der Waals surface area contributed by atoms with E-state index in [4.69, 9.17) is 4.74 Å².